The van der Waals surface area contributed by atoms with Gasteiger partial charge in [0.25, 0.3) is 11.8 Å². The standard InChI is InChI=1S/C32H31N5O4/c38-28-15-16-36(32(41)33-28)37-30(39)26-14-11-21(17-27(26)31(37)40)18-35-24-12-13-25(35)20-34(19-24)29(22-7-3-1-4-8-22)23-9-5-2-6-10-23/h1-11,14,17,24-25,29H,12-13,15-16,18-20H2,(H,33,38,41). The van der Waals surface area contributed by atoms with Gasteiger partial charge in [-0.15, -0.1) is 0 Å². The number of piperazine rings is 1. The molecule has 9 heteroatoms. The lowest BCUT2D eigenvalue weighted by Gasteiger charge is -2.44. The molecule has 0 radical (unpaired) electrons. The maximum absolute atomic E-state index is 13.3. The molecule has 4 aliphatic heterocycles. The molecule has 7 rings (SSSR count). The third kappa shape index (κ3) is 4.51. The van der Waals surface area contributed by atoms with Gasteiger partial charge in [-0.2, -0.15) is 5.01 Å². The predicted molar refractivity (Wildman–Crippen MR) is 150 cm³/mol. The van der Waals surface area contributed by atoms with Gasteiger partial charge in [0.15, 0.2) is 0 Å². The number of nitrogens with zero attached hydrogens (tertiary/aromatic N) is 4. The molecule has 3 saturated heterocycles. The zero-order chi connectivity index (χ0) is 28.1. The van der Waals surface area contributed by atoms with Gasteiger partial charge in [0, 0.05) is 38.1 Å². The van der Waals surface area contributed by atoms with Crippen LogP contribution in [0.15, 0.2) is 78.9 Å². The van der Waals surface area contributed by atoms with E-state index in [1.165, 1.54) is 11.1 Å². The number of likely N-dealkylation sites (tertiary alicyclic amines) is 1. The minimum Gasteiger partial charge on any atom is -0.291 e. The molecule has 5 amide bonds. The first-order chi connectivity index (χ1) is 20.0. The Hall–Kier alpha value is -4.34. The van der Waals surface area contributed by atoms with Gasteiger partial charge in [-0.3, -0.25) is 29.5 Å². The topological polar surface area (TPSA) is 93.3 Å². The molecule has 0 saturated carbocycles. The fourth-order valence-corrected chi connectivity index (χ4v) is 6.93. The second kappa shape index (κ2) is 10.2. The van der Waals surface area contributed by atoms with Crippen molar-refractivity contribution < 1.29 is 19.2 Å². The Morgan fingerprint density at radius 3 is 1.98 bits per heavy atom. The van der Waals surface area contributed by atoms with Crippen molar-refractivity contribution in [2.45, 2.75) is 43.9 Å². The lowest BCUT2D eigenvalue weighted by atomic mass is 9.95. The van der Waals surface area contributed by atoms with Crippen molar-refractivity contribution in [3.63, 3.8) is 0 Å². The van der Waals surface area contributed by atoms with Crippen molar-refractivity contribution >= 4 is 23.8 Å². The van der Waals surface area contributed by atoms with E-state index in [0.717, 1.165) is 41.5 Å². The first-order valence-electron chi connectivity index (χ1n) is 14.2. The van der Waals surface area contributed by atoms with E-state index in [1.54, 1.807) is 12.1 Å². The van der Waals surface area contributed by atoms with Crippen LogP contribution in [0.4, 0.5) is 4.79 Å². The smallest absolute Gasteiger partial charge is 0.291 e. The van der Waals surface area contributed by atoms with Crippen molar-refractivity contribution in [2.24, 2.45) is 0 Å². The Balaban J connectivity index is 1.09. The number of fused-ring (bicyclic) bond motifs is 3. The molecule has 41 heavy (non-hydrogen) atoms. The molecule has 0 spiro atoms. The normalized spacial score (nSPS) is 23.0. The summed E-state index contributed by atoms with van der Waals surface area (Å²) >= 11 is 0. The molecular weight excluding hydrogens is 518 g/mol. The second-order valence-electron chi connectivity index (χ2n) is 11.3. The monoisotopic (exact) mass is 549 g/mol. The second-order valence-corrected chi connectivity index (χ2v) is 11.3. The minimum atomic E-state index is -0.755. The molecule has 208 valence electrons. The SMILES string of the molecule is O=C1CCN(N2C(=O)c3ccc(CN4C5CCC4CN(C(c4ccccc4)c4ccccc4)C5)cc3C2=O)C(=O)N1. The number of carbonyl (C=O) groups is 4. The van der Waals surface area contributed by atoms with E-state index in [9.17, 15) is 19.2 Å². The average molecular weight is 550 g/mol. The number of benzene rings is 3. The summed E-state index contributed by atoms with van der Waals surface area (Å²) in [4.78, 5) is 55.4. The molecule has 2 unspecified atom stereocenters. The largest absolute Gasteiger partial charge is 0.343 e. The van der Waals surface area contributed by atoms with Crippen LogP contribution < -0.4 is 5.32 Å². The molecule has 1 N–H and O–H groups in total. The molecule has 4 aliphatic rings. The van der Waals surface area contributed by atoms with Gasteiger partial charge in [0.2, 0.25) is 5.91 Å². The van der Waals surface area contributed by atoms with Crippen LogP contribution in [-0.2, 0) is 11.3 Å². The molecule has 3 aromatic carbocycles. The Labute approximate surface area is 238 Å². The zero-order valence-electron chi connectivity index (χ0n) is 22.6. The van der Waals surface area contributed by atoms with Gasteiger partial charge in [0.05, 0.1) is 23.7 Å². The third-order valence-corrected chi connectivity index (χ3v) is 8.82. The van der Waals surface area contributed by atoms with Crippen LogP contribution in [-0.4, -0.2) is 75.3 Å². The Morgan fingerprint density at radius 2 is 1.37 bits per heavy atom. The molecule has 3 fully saturated rings. The molecule has 0 aliphatic carbocycles. The van der Waals surface area contributed by atoms with Crippen LogP contribution in [0.3, 0.4) is 0 Å². The maximum Gasteiger partial charge on any atom is 0.343 e. The molecular formula is C32H31N5O4. The summed E-state index contributed by atoms with van der Waals surface area (Å²) in [7, 11) is 0. The van der Waals surface area contributed by atoms with Crippen molar-refractivity contribution in [3.8, 4) is 0 Å². The Morgan fingerprint density at radius 1 is 0.756 bits per heavy atom. The molecule has 2 bridgehead atoms. The van der Waals surface area contributed by atoms with Crippen LogP contribution in [0.25, 0.3) is 0 Å². The quantitative estimate of drug-likeness (QED) is 0.473. The molecule has 4 heterocycles. The molecule has 9 nitrogen and oxygen atoms in total. The van der Waals surface area contributed by atoms with E-state index in [0.29, 0.717) is 24.2 Å². The summed E-state index contributed by atoms with van der Waals surface area (Å²) in [6.45, 7) is 2.58. The fraction of sp³-hybridized carbons (Fsp3) is 0.312. The first-order valence-corrected chi connectivity index (χ1v) is 14.2. The number of hydrogen-bond donors (Lipinski definition) is 1. The summed E-state index contributed by atoms with van der Waals surface area (Å²) in [5, 5.41) is 4.08. The minimum absolute atomic E-state index is 0.0103. The van der Waals surface area contributed by atoms with E-state index in [1.807, 2.05) is 6.07 Å². The molecule has 0 aromatic heterocycles. The summed E-state index contributed by atoms with van der Waals surface area (Å²) in [5.41, 5.74) is 4.15. The maximum atomic E-state index is 13.3. The third-order valence-electron chi connectivity index (χ3n) is 8.82. The number of nitrogens with one attached hydrogen (secondary N) is 1. The highest BCUT2D eigenvalue weighted by Crippen LogP contribution is 2.38. The van der Waals surface area contributed by atoms with Crippen LogP contribution in [0.1, 0.15) is 62.7 Å². The summed E-state index contributed by atoms with van der Waals surface area (Å²) in [6, 6.07) is 27.0. The number of amides is 5. The number of hydrazine groups is 1. The highest BCUT2D eigenvalue weighted by atomic mass is 16.2. The molecule has 2 atom stereocenters. The van der Waals surface area contributed by atoms with Gasteiger partial charge in [-0.1, -0.05) is 66.7 Å². The van der Waals surface area contributed by atoms with Gasteiger partial charge >= 0.3 is 6.03 Å². The lowest BCUT2D eigenvalue weighted by molar-refractivity contribution is -0.122. The van der Waals surface area contributed by atoms with Gasteiger partial charge in [-0.05, 0) is 41.7 Å². The summed E-state index contributed by atoms with van der Waals surface area (Å²) < 4.78 is 0. The van der Waals surface area contributed by atoms with Crippen molar-refractivity contribution in [1.29, 1.82) is 0 Å². The number of hydrogen-bond acceptors (Lipinski definition) is 6. The predicted octanol–water partition coefficient (Wildman–Crippen LogP) is 3.58. The Kier molecular flexibility index (Phi) is 6.40. The fourth-order valence-electron chi connectivity index (χ4n) is 6.93. The van der Waals surface area contributed by atoms with Crippen molar-refractivity contribution in [3.05, 3.63) is 107 Å². The number of carbonyl (C=O) groups excluding carboxylic acids is 4. The average Bonchev–Trinajstić information content (AvgIpc) is 3.35. The number of rotatable bonds is 6. The summed E-state index contributed by atoms with van der Waals surface area (Å²) in [6.07, 6.45) is 2.28. The lowest BCUT2D eigenvalue weighted by Crippen LogP contribution is -2.58. The Bertz CT molecular complexity index is 1470. The number of imide groups is 2. The van der Waals surface area contributed by atoms with E-state index < -0.39 is 23.8 Å². The molecule has 3 aromatic rings. The highest BCUT2D eigenvalue weighted by molar-refractivity contribution is 6.22. The van der Waals surface area contributed by atoms with E-state index in [-0.39, 0.29) is 24.6 Å². The number of urea groups is 1. The van der Waals surface area contributed by atoms with Crippen molar-refractivity contribution in [2.75, 3.05) is 19.6 Å². The first kappa shape index (κ1) is 25.6. The van der Waals surface area contributed by atoms with E-state index in [4.69, 9.17) is 0 Å². The van der Waals surface area contributed by atoms with Gasteiger partial charge in [0.1, 0.15) is 0 Å². The van der Waals surface area contributed by atoms with Crippen LogP contribution in [0.2, 0.25) is 0 Å². The highest BCUT2D eigenvalue weighted by Gasteiger charge is 2.45. The van der Waals surface area contributed by atoms with Crippen LogP contribution in [0, 0.1) is 0 Å². The van der Waals surface area contributed by atoms with Crippen LogP contribution in [0.5, 0.6) is 0 Å². The zero-order valence-corrected chi connectivity index (χ0v) is 22.6. The van der Waals surface area contributed by atoms with E-state index >= 15 is 0 Å². The van der Waals surface area contributed by atoms with E-state index in [2.05, 4.69) is 75.8 Å². The van der Waals surface area contributed by atoms with Gasteiger partial charge in [-0.25, -0.2) is 9.80 Å². The van der Waals surface area contributed by atoms with Crippen LogP contribution >= 0.6 is 0 Å². The van der Waals surface area contributed by atoms with Crippen molar-refractivity contribution in [1.82, 2.24) is 25.1 Å². The summed E-state index contributed by atoms with van der Waals surface area (Å²) in [5.74, 6) is -1.49. The van der Waals surface area contributed by atoms with Gasteiger partial charge < -0.3 is 0 Å².